The second-order valence-electron chi connectivity index (χ2n) is 6.80. The number of hydrogen-bond donors (Lipinski definition) is 3. The molecule has 3 N–H and O–H groups in total. The van der Waals surface area contributed by atoms with Crippen molar-refractivity contribution in [1.82, 2.24) is 20.3 Å². The summed E-state index contributed by atoms with van der Waals surface area (Å²) >= 11 is 5.79. The zero-order valence-electron chi connectivity index (χ0n) is 16.1. The van der Waals surface area contributed by atoms with E-state index in [1.807, 2.05) is 36.1 Å². The van der Waals surface area contributed by atoms with Crippen LogP contribution in [-0.4, -0.2) is 20.9 Å². The van der Waals surface area contributed by atoms with E-state index in [-0.39, 0.29) is 23.2 Å². The van der Waals surface area contributed by atoms with Gasteiger partial charge in [-0.1, -0.05) is 17.7 Å². The van der Waals surface area contributed by atoms with Crippen LogP contribution in [0.3, 0.4) is 0 Å². The van der Waals surface area contributed by atoms with Gasteiger partial charge in [0, 0.05) is 31.4 Å². The number of halogens is 2. The number of nitrogens with one attached hydrogen (secondary N) is 3. The fraction of sp³-hybridized carbons (Fsp3) is 0.143. The Kier molecular flexibility index (Phi) is 5.58. The van der Waals surface area contributed by atoms with Gasteiger partial charge >= 0.3 is 0 Å². The number of fused-ring (bicyclic) bond motifs is 1. The minimum absolute atomic E-state index is 0.0124. The van der Waals surface area contributed by atoms with Crippen molar-refractivity contribution in [3.05, 3.63) is 82.9 Å². The van der Waals surface area contributed by atoms with Gasteiger partial charge < -0.3 is 15.6 Å². The van der Waals surface area contributed by atoms with E-state index in [1.165, 1.54) is 18.5 Å². The normalized spacial score (nSPS) is 10.9. The summed E-state index contributed by atoms with van der Waals surface area (Å²) in [6.07, 6.45) is 7.07. The van der Waals surface area contributed by atoms with E-state index >= 15 is 0 Å². The number of anilines is 1. The van der Waals surface area contributed by atoms with Gasteiger partial charge in [-0.25, -0.2) is 18.9 Å². The number of carbonyl (C=O) groups excluding carboxylic acids is 1. The third-order valence-electron chi connectivity index (χ3n) is 4.65. The molecule has 0 aliphatic rings. The molecular weight excluding hydrogens is 407 g/mol. The summed E-state index contributed by atoms with van der Waals surface area (Å²) in [7, 11) is 1.96. The summed E-state index contributed by atoms with van der Waals surface area (Å²) in [4.78, 5) is 24.2. The molecule has 0 atom stereocenters. The molecule has 0 aliphatic heterocycles. The number of amides is 1. The van der Waals surface area contributed by atoms with Crippen LogP contribution in [0.15, 0.2) is 55.2 Å². The molecule has 152 valence electrons. The number of pyridine rings is 1. The van der Waals surface area contributed by atoms with Crippen LogP contribution in [0.2, 0.25) is 5.02 Å². The lowest BCUT2D eigenvalue weighted by Crippen LogP contribution is -2.26. The van der Waals surface area contributed by atoms with E-state index in [1.54, 1.807) is 12.3 Å². The molecular formula is C21H19ClFN6O+. The molecule has 0 spiro atoms. The Hall–Kier alpha value is -3.52. The Balaban J connectivity index is 1.48. The number of aromatic amines is 1. The first kappa shape index (κ1) is 19.8. The summed E-state index contributed by atoms with van der Waals surface area (Å²) in [6, 6.07) is 8.36. The maximum Gasteiger partial charge on any atom is 0.272 e. The number of aryl methyl sites for hydroxylation is 1. The monoisotopic (exact) mass is 425 g/mol. The third kappa shape index (κ3) is 4.23. The quantitative estimate of drug-likeness (QED) is 0.414. The summed E-state index contributed by atoms with van der Waals surface area (Å²) in [6.45, 7) is 0.812. The minimum Gasteiger partial charge on any atom is -0.378 e. The van der Waals surface area contributed by atoms with Crippen molar-refractivity contribution in [1.29, 1.82) is 0 Å². The lowest BCUT2D eigenvalue weighted by Gasteiger charge is -2.07. The fourth-order valence-electron chi connectivity index (χ4n) is 3.01. The zero-order valence-corrected chi connectivity index (χ0v) is 16.9. The second-order valence-corrected chi connectivity index (χ2v) is 7.21. The van der Waals surface area contributed by atoms with Gasteiger partial charge in [0.1, 0.15) is 24.7 Å². The molecule has 3 aromatic heterocycles. The molecule has 0 fully saturated rings. The van der Waals surface area contributed by atoms with Gasteiger partial charge in [0.25, 0.3) is 5.91 Å². The fourth-order valence-corrected chi connectivity index (χ4v) is 3.21. The summed E-state index contributed by atoms with van der Waals surface area (Å²) in [5, 5.41) is 6.11. The highest BCUT2D eigenvalue weighted by Crippen LogP contribution is 2.23. The van der Waals surface area contributed by atoms with Crippen LogP contribution in [0.1, 0.15) is 21.6 Å². The number of carbonyl (C=O) groups is 1. The van der Waals surface area contributed by atoms with E-state index in [2.05, 4.69) is 25.6 Å². The molecule has 0 saturated carbocycles. The number of aromatic nitrogens is 4. The van der Waals surface area contributed by atoms with E-state index in [0.29, 0.717) is 23.1 Å². The molecule has 3 heterocycles. The van der Waals surface area contributed by atoms with E-state index in [4.69, 9.17) is 11.6 Å². The number of H-pyrrole nitrogens is 1. The minimum atomic E-state index is -0.500. The van der Waals surface area contributed by atoms with Crippen LogP contribution in [0.25, 0.3) is 11.0 Å². The van der Waals surface area contributed by atoms with Gasteiger partial charge in [-0.15, -0.1) is 0 Å². The van der Waals surface area contributed by atoms with Crippen LogP contribution < -0.4 is 15.2 Å². The number of rotatable bonds is 6. The van der Waals surface area contributed by atoms with Gasteiger partial charge in [-0.2, -0.15) is 0 Å². The average molecular weight is 426 g/mol. The highest BCUT2D eigenvalue weighted by atomic mass is 35.5. The van der Waals surface area contributed by atoms with Gasteiger partial charge in [-0.3, -0.25) is 4.79 Å². The molecule has 1 amide bonds. The van der Waals surface area contributed by atoms with Crippen LogP contribution >= 0.6 is 11.6 Å². The van der Waals surface area contributed by atoms with Crippen molar-refractivity contribution < 1.29 is 13.8 Å². The molecule has 4 aromatic rings. The first-order valence-electron chi connectivity index (χ1n) is 9.23. The summed E-state index contributed by atoms with van der Waals surface area (Å²) < 4.78 is 15.2. The number of benzene rings is 1. The second kappa shape index (κ2) is 8.46. The molecule has 0 saturated heterocycles. The molecule has 7 nitrogen and oxygen atoms in total. The SMILES string of the molecule is C[n+]1ccc(CNc2c[nH]c3c(C(=O)NCc4ccc(F)c(Cl)c4)ncnc23)cc1. The van der Waals surface area contributed by atoms with E-state index in [0.717, 1.165) is 11.3 Å². The Morgan fingerprint density at radius 3 is 2.73 bits per heavy atom. The highest BCUT2D eigenvalue weighted by Gasteiger charge is 2.16. The predicted octanol–water partition coefficient (Wildman–Crippen LogP) is 3.12. The standard InChI is InChI=1S/C21H18ClFN6O/c1-29-6-4-13(5-7-29)9-24-17-11-25-19-18(17)27-12-28-20(19)21(30)26-10-14-2-3-16(23)15(22)8-14/h2-8,11-12H,9-10H2,1H3,(H2-,24,25,26,27,28,30)/p+1. The average Bonchev–Trinajstić information content (AvgIpc) is 3.17. The molecule has 0 bridgehead atoms. The van der Waals surface area contributed by atoms with Crippen molar-refractivity contribution in [3.63, 3.8) is 0 Å². The maximum atomic E-state index is 13.3. The largest absolute Gasteiger partial charge is 0.378 e. The molecule has 0 aliphatic carbocycles. The smallest absolute Gasteiger partial charge is 0.272 e. The molecule has 9 heteroatoms. The topological polar surface area (TPSA) is 86.6 Å². The highest BCUT2D eigenvalue weighted by molar-refractivity contribution is 6.30. The van der Waals surface area contributed by atoms with Crippen molar-refractivity contribution >= 4 is 34.2 Å². The predicted molar refractivity (Wildman–Crippen MR) is 111 cm³/mol. The van der Waals surface area contributed by atoms with Gasteiger partial charge in [0.2, 0.25) is 0 Å². The maximum absolute atomic E-state index is 13.3. The van der Waals surface area contributed by atoms with Crippen molar-refractivity contribution in [2.45, 2.75) is 13.1 Å². The van der Waals surface area contributed by atoms with Crippen molar-refractivity contribution in [3.8, 4) is 0 Å². The third-order valence-corrected chi connectivity index (χ3v) is 4.94. The van der Waals surface area contributed by atoms with Gasteiger partial charge in [-0.05, 0) is 23.3 Å². The molecule has 4 rings (SSSR count). The Labute approximate surface area is 176 Å². The molecule has 0 radical (unpaired) electrons. The number of nitrogens with zero attached hydrogens (tertiary/aromatic N) is 3. The van der Waals surface area contributed by atoms with Crippen LogP contribution in [0, 0.1) is 5.82 Å². The Morgan fingerprint density at radius 1 is 1.17 bits per heavy atom. The Morgan fingerprint density at radius 2 is 1.97 bits per heavy atom. The van der Waals surface area contributed by atoms with Crippen molar-refractivity contribution in [2.24, 2.45) is 7.05 Å². The molecule has 30 heavy (non-hydrogen) atoms. The number of hydrogen-bond acceptors (Lipinski definition) is 4. The van der Waals surface area contributed by atoms with Crippen LogP contribution in [-0.2, 0) is 20.1 Å². The van der Waals surface area contributed by atoms with Crippen LogP contribution in [0.5, 0.6) is 0 Å². The molecule has 1 aromatic carbocycles. The Bertz CT molecular complexity index is 1210. The lowest BCUT2D eigenvalue weighted by molar-refractivity contribution is -0.671. The summed E-state index contributed by atoms with van der Waals surface area (Å²) in [5.41, 5.74) is 3.97. The zero-order chi connectivity index (χ0) is 21.1. The first-order chi connectivity index (χ1) is 14.5. The molecule has 0 unspecified atom stereocenters. The van der Waals surface area contributed by atoms with E-state index in [9.17, 15) is 9.18 Å². The van der Waals surface area contributed by atoms with Crippen LogP contribution in [0.4, 0.5) is 10.1 Å². The summed E-state index contributed by atoms with van der Waals surface area (Å²) in [5.74, 6) is -0.869. The lowest BCUT2D eigenvalue weighted by atomic mass is 10.2. The van der Waals surface area contributed by atoms with Crippen molar-refractivity contribution in [2.75, 3.05) is 5.32 Å². The van der Waals surface area contributed by atoms with Gasteiger partial charge in [0.15, 0.2) is 18.1 Å². The van der Waals surface area contributed by atoms with Gasteiger partial charge in [0.05, 0.1) is 16.2 Å². The van der Waals surface area contributed by atoms with E-state index < -0.39 is 5.82 Å². The first-order valence-corrected chi connectivity index (χ1v) is 9.61.